The van der Waals surface area contributed by atoms with Gasteiger partial charge in [0, 0.05) is 24.8 Å². The van der Waals surface area contributed by atoms with Crippen LogP contribution in [0.15, 0.2) is 78.9 Å². The van der Waals surface area contributed by atoms with E-state index in [4.69, 9.17) is 0 Å². The molecule has 36 heavy (non-hydrogen) atoms. The molecule has 3 aromatic rings. The number of rotatable bonds is 12. The fourth-order valence-corrected chi connectivity index (χ4v) is 4.68. The molecule has 2 atom stereocenters. The number of hydrogen-bond donors (Lipinski definition) is 1. The molecule has 4 nitrogen and oxygen atoms in total. The molecule has 0 aliphatic heterocycles. The van der Waals surface area contributed by atoms with Crippen LogP contribution in [0.2, 0.25) is 0 Å². The van der Waals surface area contributed by atoms with Gasteiger partial charge in [-0.2, -0.15) is 0 Å². The van der Waals surface area contributed by atoms with Gasteiger partial charge in [-0.1, -0.05) is 79.2 Å². The first-order chi connectivity index (χ1) is 17.4. The Labute approximate surface area is 218 Å². The smallest absolute Gasteiger partial charge is 0.243 e. The van der Waals surface area contributed by atoms with Crippen LogP contribution in [-0.2, 0) is 28.3 Å². The molecule has 3 rings (SSSR count). The number of hydrogen-bond acceptors (Lipinski definition) is 3. The lowest BCUT2D eigenvalue weighted by Crippen LogP contribution is -2.52. The Morgan fingerprint density at radius 2 is 1.56 bits per heavy atom. The minimum Gasteiger partial charge on any atom is -0.352 e. The summed E-state index contributed by atoms with van der Waals surface area (Å²) in [7, 11) is 0. The molecule has 2 amide bonds. The fourth-order valence-electron chi connectivity index (χ4n) is 3.80. The minimum atomic E-state index is -0.637. The van der Waals surface area contributed by atoms with Gasteiger partial charge in [0.2, 0.25) is 11.8 Å². The number of thioether (sulfide) groups is 1. The molecule has 0 aliphatic rings. The second-order valence-corrected chi connectivity index (χ2v) is 10.1. The van der Waals surface area contributed by atoms with Gasteiger partial charge >= 0.3 is 0 Å². The van der Waals surface area contributed by atoms with E-state index in [-0.39, 0.29) is 29.4 Å². The van der Waals surface area contributed by atoms with Crippen LogP contribution in [-0.4, -0.2) is 34.6 Å². The molecule has 0 radical (unpaired) electrons. The Kier molecular flexibility index (Phi) is 10.6. The van der Waals surface area contributed by atoms with E-state index in [2.05, 4.69) is 5.32 Å². The van der Waals surface area contributed by atoms with Crippen molar-refractivity contribution in [3.8, 4) is 0 Å². The lowest BCUT2D eigenvalue weighted by atomic mass is 10.0. The van der Waals surface area contributed by atoms with Crippen molar-refractivity contribution in [2.24, 2.45) is 0 Å². The Morgan fingerprint density at radius 1 is 0.917 bits per heavy atom. The number of carbonyl (C=O) groups is 2. The maximum absolute atomic E-state index is 13.6. The number of aryl methyl sites for hydroxylation is 1. The van der Waals surface area contributed by atoms with Gasteiger partial charge in [-0.3, -0.25) is 9.59 Å². The molecule has 6 heteroatoms. The molecule has 0 heterocycles. The summed E-state index contributed by atoms with van der Waals surface area (Å²) in [5, 5.41) is 3.09. The highest BCUT2D eigenvalue weighted by atomic mass is 32.2. The third-order valence-electron chi connectivity index (χ3n) is 6.15. The van der Waals surface area contributed by atoms with Crippen LogP contribution in [0.1, 0.15) is 42.5 Å². The van der Waals surface area contributed by atoms with E-state index >= 15 is 0 Å². The molecule has 3 aromatic carbocycles. The van der Waals surface area contributed by atoms with Crippen molar-refractivity contribution in [3.05, 3.63) is 107 Å². The van der Waals surface area contributed by atoms with Crippen LogP contribution < -0.4 is 5.32 Å². The molecular formula is C30H35FN2O2S. The van der Waals surface area contributed by atoms with E-state index < -0.39 is 6.04 Å². The maximum atomic E-state index is 13.6. The average Bonchev–Trinajstić information content (AvgIpc) is 2.88. The van der Waals surface area contributed by atoms with E-state index in [0.717, 1.165) is 28.7 Å². The predicted octanol–water partition coefficient (Wildman–Crippen LogP) is 5.92. The van der Waals surface area contributed by atoms with Crippen LogP contribution in [0.3, 0.4) is 0 Å². The Balaban J connectivity index is 1.84. The zero-order chi connectivity index (χ0) is 25.9. The summed E-state index contributed by atoms with van der Waals surface area (Å²) in [6.07, 6.45) is 1.24. The number of halogens is 1. The van der Waals surface area contributed by atoms with Crippen molar-refractivity contribution < 1.29 is 14.0 Å². The Hall–Kier alpha value is -3.12. The highest BCUT2D eigenvalue weighted by Gasteiger charge is 2.30. The molecule has 0 aromatic heterocycles. The third kappa shape index (κ3) is 8.52. The van der Waals surface area contributed by atoms with Crippen molar-refractivity contribution in [1.29, 1.82) is 0 Å². The minimum absolute atomic E-state index is 0.0138. The summed E-state index contributed by atoms with van der Waals surface area (Å²) in [4.78, 5) is 28.8. The number of nitrogens with one attached hydrogen (secondary N) is 1. The molecule has 1 N–H and O–H groups in total. The normalized spacial score (nSPS) is 12.6. The Bertz CT molecular complexity index is 1100. The zero-order valence-electron chi connectivity index (χ0n) is 21.2. The summed E-state index contributed by atoms with van der Waals surface area (Å²) < 4.78 is 13.2. The van der Waals surface area contributed by atoms with Crippen molar-refractivity contribution in [2.75, 3.05) is 5.75 Å². The van der Waals surface area contributed by atoms with Gasteiger partial charge in [0.1, 0.15) is 11.9 Å². The number of carbonyl (C=O) groups excluding carboxylic acids is 2. The van der Waals surface area contributed by atoms with Gasteiger partial charge in [-0.25, -0.2) is 4.39 Å². The van der Waals surface area contributed by atoms with Gasteiger partial charge in [0.15, 0.2) is 0 Å². The Morgan fingerprint density at radius 3 is 2.19 bits per heavy atom. The molecule has 0 aliphatic carbocycles. The van der Waals surface area contributed by atoms with Crippen LogP contribution in [0.25, 0.3) is 0 Å². The lowest BCUT2D eigenvalue weighted by Gasteiger charge is -2.32. The van der Waals surface area contributed by atoms with E-state index in [1.54, 1.807) is 17.0 Å². The quantitative estimate of drug-likeness (QED) is 0.332. The molecule has 0 saturated carbocycles. The summed E-state index contributed by atoms with van der Waals surface area (Å²) in [5.74, 6) is 0.304. The summed E-state index contributed by atoms with van der Waals surface area (Å²) in [6, 6.07) is 23.6. The highest BCUT2D eigenvalue weighted by molar-refractivity contribution is 7.99. The third-order valence-corrected chi connectivity index (χ3v) is 7.14. The first kappa shape index (κ1) is 27.5. The standard InChI is InChI=1S/C30H35FN2O2S/c1-4-23(3)32-30(35)28(18-24-8-6-5-7-9-24)33(19-25-12-10-22(2)11-13-25)29(34)21-36-20-26-14-16-27(31)17-15-26/h5-17,23,28H,4,18-21H2,1-3H3,(H,32,35). The molecule has 0 fully saturated rings. The SMILES string of the molecule is CCC(C)NC(=O)C(Cc1ccccc1)N(Cc1ccc(C)cc1)C(=O)CSCc1ccc(F)cc1. The lowest BCUT2D eigenvalue weighted by molar-refractivity contribution is -0.139. The van der Waals surface area contributed by atoms with Gasteiger partial charge in [-0.15, -0.1) is 11.8 Å². The first-order valence-corrected chi connectivity index (χ1v) is 13.5. The molecule has 0 saturated heterocycles. The van der Waals surface area contributed by atoms with Crippen molar-refractivity contribution in [2.45, 2.75) is 58.0 Å². The second kappa shape index (κ2) is 13.8. The van der Waals surface area contributed by atoms with Crippen molar-refractivity contribution in [3.63, 3.8) is 0 Å². The van der Waals surface area contributed by atoms with Gasteiger partial charge < -0.3 is 10.2 Å². The first-order valence-electron chi connectivity index (χ1n) is 12.4. The topological polar surface area (TPSA) is 49.4 Å². The highest BCUT2D eigenvalue weighted by Crippen LogP contribution is 2.19. The molecule has 2 unspecified atom stereocenters. The van der Waals surface area contributed by atoms with Crippen LogP contribution >= 0.6 is 11.8 Å². The molecule has 190 valence electrons. The summed E-state index contributed by atoms with van der Waals surface area (Å²) >= 11 is 1.47. The van der Waals surface area contributed by atoms with E-state index in [9.17, 15) is 14.0 Å². The zero-order valence-corrected chi connectivity index (χ0v) is 22.1. The molecule has 0 bridgehead atoms. The molecular weight excluding hydrogens is 471 g/mol. The van der Waals surface area contributed by atoms with Crippen molar-refractivity contribution in [1.82, 2.24) is 10.2 Å². The van der Waals surface area contributed by atoms with Gasteiger partial charge in [-0.05, 0) is 49.1 Å². The number of nitrogens with zero attached hydrogens (tertiary/aromatic N) is 1. The average molecular weight is 507 g/mol. The summed E-state index contributed by atoms with van der Waals surface area (Å²) in [5.41, 5.74) is 4.07. The predicted molar refractivity (Wildman–Crippen MR) is 146 cm³/mol. The molecule has 0 spiro atoms. The fraction of sp³-hybridized carbons (Fsp3) is 0.333. The van der Waals surface area contributed by atoms with Crippen LogP contribution in [0.4, 0.5) is 4.39 Å². The maximum Gasteiger partial charge on any atom is 0.243 e. The van der Waals surface area contributed by atoms with Crippen LogP contribution in [0.5, 0.6) is 0 Å². The number of amides is 2. The van der Waals surface area contributed by atoms with Gasteiger partial charge in [0.05, 0.1) is 5.75 Å². The van der Waals surface area contributed by atoms with Gasteiger partial charge in [0.25, 0.3) is 0 Å². The van der Waals surface area contributed by atoms with E-state index in [0.29, 0.717) is 18.7 Å². The van der Waals surface area contributed by atoms with E-state index in [1.807, 2.05) is 75.4 Å². The second-order valence-electron chi connectivity index (χ2n) is 9.15. The summed E-state index contributed by atoms with van der Waals surface area (Å²) in [6.45, 7) is 6.37. The largest absolute Gasteiger partial charge is 0.352 e. The monoisotopic (exact) mass is 506 g/mol. The van der Waals surface area contributed by atoms with Crippen LogP contribution in [0, 0.1) is 12.7 Å². The number of benzene rings is 3. The van der Waals surface area contributed by atoms with Crippen molar-refractivity contribution >= 4 is 23.6 Å². The van der Waals surface area contributed by atoms with E-state index in [1.165, 1.54) is 23.9 Å².